The molecule has 0 N–H and O–H groups in total. The summed E-state index contributed by atoms with van der Waals surface area (Å²) in [5.41, 5.74) is 1.76. The average Bonchev–Trinajstić information content (AvgIpc) is 2.69. The van der Waals surface area contributed by atoms with Gasteiger partial charge in [0.2, 0.25) is 0 Å². The maximum atomic E-state index is 13.0. The molecule has 1 aliphatic rings. The van der Waals surface area contributed by atoms with E-state index in [9.17, 15) is 9.18 Å². The van der Waals surface area contributed by atoms with Crippen LogP contribution < -0.4 is 9.47 Å². The van der Waals surface area contributed by atoms with Crippen LogP contribution in [0.4, 0.5) is 4.39 Å². The summed E-state index contributed by atoms with van der Waals surface area (Å²) in [6.07, 6.45) is 2.84. The Morgan fingerprint density at radius 2 is 1.69 bits per heavy atom. The fourth-order valence-electron chi connectivity index (χ4n) is 3.45. The van der Waals surface area contributed by atoms with Crippen molar-refractivity contribution in [2.75, 3.05) is 27.3 Å². The molecule has 0 unspecified atom stereocenters. The van der Waals surface area contributed by atoms with Crippen LogP contribution in [0, 0.1) is 11.7 Å². The summed E-state index contributed by atoms with van der Waals surface area (Å²) in [4.78, 5) is 14.6. The molecule has 0 saturated carbocycles. The van der Waals surface area contributed by atoms with E-state index in [1.54, 1.807) is 32.4 Å². The van der Waals surface area contributed by atoms with Gasteiger partial charge in [0.05, 0.1) is 14.2 Å². The molecular weight excluding hydrogens is 333 g/mol. The first-order chi connectivity index (χ1) is 12.6. The Morgan fingerprint density at radius 3 is 2.31 bits per heavy atom. The first-order valence-electron chi connectivity index (χ1n) is 8.86. The molecule has 138 valence electrons. The summed E-state index contributed by atoms with van der Waals surface area (Å²) in [6, 6.07) is 12.0. The number of likely N-dealkylation sites (tertiary alicyclic amines) is 1. The van der Waals surface area contributed by atoms with Gasteiger partial charge in [-0.05, 0) is 61.1 Å². The molecule has 2 aromatic carbocycles. The SMILES string of the molecule is COc1ccc(C(=O)N2CCC(Cc3ccc(F)cc3)CC2)cc1OC. The Hall–Kier alpha value is -2.56. The van der Waals surface area contributed by atoms with Gasteiger partial charge in [-0.25, -0.2) is 4.39 Å². The highest BCUT2D eigenvalue weighted by atomic mass is 19.1. The second-order valence-electron chi connectivity index (χ2n) is 6.64. The van der Waals surface area contributed by atoms with Crippen LogP contribution in [-0.4, -0.2) is 38.1 Å². The molecule has 0 aliphatic carbocycles. The lowest BCUT2D eigenvalue weighted by Crippen LogP contribution is -2.38. The standard InChI is InChI=1S/C21H24FNO3/c1-25-19-8-5-17(14-20(19)26-2)21(24)23-11-9-16(10-12-23)13-15-3-6-18(22)7-4-15/h3-8,14,16H,9-13H2,1-2H3. The maximum absolute atomic E-state index is 13.0. The smallest absolute Gasteiger partial charge is 0.253 e. The monoisotopic (exact) mass is 357 g/mol. The van der Waals surface area contributed by atoms with Crippen molar-refractivity contribution in [3.8, 4) is 11.5 Å². The zero-order valence-corrected chi connectivity index (χ0v) is 15.2. The number of carbonyl (C=O) groups is 1. The minimum Gasteiger partial charge on any atom is -0.493 e. The molecule has 0 aromatic heterocycles. The number of benzene rings is 2. The third-order valence-electron chi connectivity index (χ3n) is 4.97. The third-order valence-corrected chi connectivity index (χ3v) is 4.97. The number of rotatable bonds is 5. The van der Waals surface area contributed by atoms with Crippen molar-refractivity contribution >= 4 is 5.91 Å². The van der Waals surface area contributed by atoms with Gasteiger partial charge in [-0.3, -0.25) is 4.79 Å². The van der Waals surface area contributed by atoms with Gasteiger partial charge in [-0.15, -0.1) is 0 Å². The lowest BCUT2D eigenvalue weighted by molar-refractivity contribution is 0.0690. The van der Waals surface area contributed by atoms with Crippen LogP contribution >= 0.6 is 0 Å². The number of hydrogen-bond donors (Lipinski definition) is 0. The largest absolute Gasteiger partial charge is 0.493 e. The molecule has 1 aliphatic heterocycles. The van der Waals surface area contributed by atoms with E-state index in [1.807, 2.05) is 17.0 Å². The Labute approximate surface area is 153 Å². The van der Waals surface area contributed by atoms with Gasteiger partial charge in [0, 0.05) is 18.7 Å². The summed E-state index contributed by atoms with van der Waals surface area (Å²) in [5, 5.41) is 0. The number of halogens is 1. The molecule has 2 aromatic rings. The Morgan fingerprint density at radius 1 is 1.04 bits per heavy atom. The van der Waals surface area contributed by atoms with Crippen LogP contribution in [0.2, 0.25) is 0 Å². The quantitative estimate of drug-likeness (QED) is 0.814. The van der Waals surface area contributed by atoms with Crippen LogP contribution in [0.25, 0.3) is 0 Å². The fraction of sp³-hybridized carbons (Fsp3) is 0.381. The normalized spacial score (nSPS) is 15.0. The van der Waals surface area contributed by atoms with Crippen molar-refractivity contribution in [3.63, 3.8) is 0 Å². The molecular formula is C21H24FNO3. The molecule has 1 fully saturated rings. The van der Waals surface area contributed by atoms with Gasteiger partial charge in [-0.2, -0.15) is 0 Å². The fourth-order valence-corrected chi connectivity index (χ4v) is 3.45. The maximum Gasteiger partial charge on any atom is 0.253 e. The lowest BCUT2D eigenvalue weighted by Gasteiger charge is -2.32. The molecule has 5 heteroatoms. The van der Waals surface area contributed by atoms with Crippen molar-refractivity contribution in [1.29, 1.82) is 0 Å². The summed E-state index contributed by atoms with van der Waals surface area (Å²) < 4.78 is 23.5. The van der Waals surface area contributed by atoms with Gasteiger partial charge in [0.15, 0.2) is 11.5 Å². The highest BCUT2D eigenvalue weighted by molar-refractivity contribution is 5.95. The van der Waals surface area contributed by atoms with E-state index in [0.717, 1.165) is 37.9 Å². The summed E-state index contributed by atoms with van der Waals surface area (Å²) in [7, 11) is 3.14. The molecule has 4 nitrogen and oxygen atoms in total. The number of nitrogens with zero attached hydrogens (tertiary/aromatic N) is 1. The summed E-state index contributed by atoms with van der Waals surface area (Å²) in [6.45, 7) is 1.47. The van der Waals surface area contributed by atoms with E-state index in [0.29, 0.717) is 23.0 Å². The second-order valence-corrected chi connectivity index (χ2v) is 6.64. The molecule has 0 bridgehead atoms. The number of methoxy groups -OCH3 is 2. The lowest BCUT2D eigenvalue weighted by atomic mass is 9.90. The predicted octanol–water partition coefficient (Wildman–Crippen LogP) is 3.94. The molecule has 0 atom stereocenters. The van der Waals surface area contributed by atoms with Gasteiger partial charge in [0.25, 0.3) is 5.91 Å². The van der Waals surface area contributed by atoms with Crippen LogP contribution in [0.3, 0.4) is 0 Å². The Balaban J connectivity index is 1.59. The molecule has 0 radical (unpaired) electrons. The molecule has 26 heavy (non-hydrogen) atoms. The van der Waals surface area contributed by atoms with Gasteiger partial charge >= 0.3 is 0 Å². The number of piperidine rings is 1. The number of amides is 1. The van der Waals surface area contributed by atoms with Gasteiger partial charge in [-0.1, -0.05) is 12.1 Å². The third kappa shape index (κ3) is 4.15. The predicted molar refractivity (Wildman–Crippen MR) is 98.3 cm³/mol. The number of ether oxygens (including phenoxy) is 2. The topological polar surface area (TPSA) is 38.8 Å². The van der Waals surface area contributed by atoms with Gasteiger partial charge in [0.1, 0.15) is 5.82 Å². The van der Waals surface area contributed by atoms with E-state index >= 15 is 0 Å². The molecule has 1 saturated heterocycles. The van der Waals surface area contributed by atoms with E-state index in [2.05, 4.69) is 0 Å². The summed E-state index contributed by atoms with van der Waals surface area (Å²) in [5.74, 6) is 1.51. The van der Waals surface area contributed by atoms with Crippen LogP contribution in [-0.2, 0) is 6.42 Å². The van der Waals surface area contributed by atoms with E-state index < -0.39 is 0 Å². The van der Waals surface area contributed by atoms with Crippen molar-refractivity contribution < 1.29 is 18.7 Å². The zero-order valence-electron chi connectivity index (χ0n) is 15.2. The first kappa shape index (κ1) is 18.2. The molecule has 1 heterocycles. The van der Waals surface area contributed by atoms with Crippen molar-refractivity contribution in [3.05, 3.63) is 59.4 Å². The highest BCUT2D eigenvalue weighted by Gasteiger charge is 2.24. The van der Waals surface area contributed by atoms with Crippen LogP contribution in [0.15, 0.2) is 42.5 Å². The number of carbonyl (C=O) groups excluding carboxylic acids is 1. The van der Waals surface area contributed by atoms with Crippen molar-refractivity contribution in [1.82, 2.24) is 4.90 Å². The van der Waals surface area contributed by atoms with E-state index in [1.165, 1.54) is 12.1 Å². The highest BCUT2D eigenvalue weighted by Crippen LogP contribution is 2.29. The minimum atomic E-state index is -0.205. The Bertz CT molecular complexity index is 752. The van der Waals surface area contributed by atoms with E-state index in [-0.39, 0.29) is 11.7 Å². The molecule has 1 amide bonds. The van der Waals surface area contributed by atoms with Crippen molar-refractivity contribution in [2.45, 2.75) is 19.3 Å². The zero-order chi connectivity index (χ0) is 18.5. The molecule has 3 rings (SSSR count). The minimum absolute atomic E-state index is 0.0196. The number of hydrogen-bond acceptors (Lipinski definition) is 3. The van der Waals surface area contributed by atoms with Gasteiger partial charge < -0.3 is 14.4 Å². The first-order valence-corrected chi connectivity index (χ1v) is 8.86. The second kappa shape index (κ2) is 8.21. The summed E-state index contributed by atoms with van der Waals surface area (Å²) >= 11 is 0. The van der Waals surface area contributed by atoms with Crippen LogP contribution in [0.5, 0.6) is 11.5 Å². The van der Waals surface area contributed by atoms with Crippen LogP contribution in [0.1, 0.15) is 28.8 Å². The van der Waals surface area contributed by atoms with Crippen molar-refractivity contribution in [2.24, 2.45) is 5.92 Å². The average molecular weight is 357 g/mol. The van der Waals surface area contributed by atoms with E-state index in [4.69, 9.17) is 9.47 Å². The Kier molecular flexibility index (Phi) is 5.76. The molecule has 0 spiro atoms.